The highest BCUT2D eigenvalue weighted by Crippen LogP contribution is 2.28. The van der Waals surface area contributed by atoms with Crippen LogP contribution in [0.2, 0.25) is 0 Å². The molecule has 0 unspecified atom stereocenters. The third-order valence-electron chi connectivity index (χ3n) is 2.79. The molecule has 0 radical (unpaired) electrons. The number of nitrogens with zero attached hydrogens (tertiary/aromatic N) is 1. The van der Waals surface area contributed by atoms with Gasteiger partial charge in [0.25, 0.3) is 0 Å². The van der Waals surface area contributed by atoms with Crippen molar-refractivity contribution in [3.8, 4) is 6.07 Å². The van der Waals surface area contributed by atoms with Gasteiger partial charge in [-0.1, -0.05) is 0 Å². The maximum absolute atomic E-state index is 13.5. The topological polar surface area (TPSA) is 61.8 Å². The lowest BCUT2D eigenvalue weighted by Crippen LogP contribution is -2.04. The molecule has 0 aliphatic rings. The summed E-state index contributed by atoms with van der Waals surface area (Å²) < 4.78 is 53.3. The van der Waals surface area contributed by atoms with Crippen molar-refractivity contribution >= 4 is 17.1 Å². The largest absolute Gasteiger partial charge is 0.398 e. The number of hydrogen-bond donors (Lipinski definition) is 2. The Labute approximate surface area is 117 Å². The van der Waals surface area contributed by atoms with Gasteiger partial charge in [0.1, 0.15) is 5.69 Å². The lowest BCUT2D eigenvalue weighted by atomic mass is 10.1. The predicted octanol–water partition coefficient (Wildman–Crippen LogP) is 3.63. The number of anilines is 3. The molecule has 2 rings (SSSR count). The highest BCUT2D eigenvalue weighted by molar-refractivity contribution is 5.65. The van der Waals surface area contributed by atoms with Crippen LogP contribution in [-0.4, -0.2) is 0 Å². The molecule has 0 bridgehead atoms. The molecule has 2 aromatic rings. The minimum atomic E-state index is -1.53. The Morgan fingerprint density at radius 1 is 1.05 bits per heavy atom. The van der Waals surface area contributed by atoms with E-state index in [-0.39, 0.29) is 18.2 Å². The van der Waals surface area contributed by atoms with Gasteiger partial charge in [-0.2, -0.15) is 5.26 Å². The van der Waals surface area contributed by atoms with Crippen LogP contribution in [0.15, 0.2) is 24.3 Å². The van der Waals surface area contributed by atoms with Crippen LogP contribution in [0.1, 0.15) is 5.56 Å². The summed E-state index contributed by atoms with van der Waals surface area (Å²) in [6.07, 6.45) is -0.0101. The molecule has 0 atom stereocenters. The van der Waals surface area contributed by atoms with E-state index >= 15 is 0 Å². The van der Waals surface area contributed by atoms with Gasteiger partial charge in [0.15, 0.2) is 23.3 Å². The van der Waals surface area contributed by atoms with E-state index in [4.69, 9.17) is 11.0 Å². The van der Waals surface area contributed by atoms with Gasteiger partial charge in [-0.3, -0.25) is 0 Å². The fourth-order valence-electron chi connectivity index (χ4n) is 1.75. The number of rotatable bonds is 3. The quantitative estimate of drug-likeness (QED) is 0.516. The van der Waals surface area contributed by atoms with Crippen LogP contribution < -0.4 is 11.1 Å². The van der Waals surface area contributed by atoms with E-state index in [0.717, 1.165) is 0 Å². The van der Waals surface area contributed by atoms with Gasteiger partial charge in [0, 0.05) is 17.4 Å². The number of nitriles is 1. The minimum absolute atomic E-state index is 0.0101. The van der Waals surface area contributed by atoms with Crippen molar-refractivity contribution < 1.29 is 17.6 Å². The molecule has 21 heavy (non-hydrogen) atoms. The lowest BCUT2D eigenvalue weighted by Gasteiger charge is -2.11. The van der Waals surface area contributed by atoms with Gasteiger partial charge < -0.3 is 11.1 Å². The second-order valence-corrected chi connectivity index (χ2v) is 4.22. The highest BCUT2D eigenvalue weighted by atomic mass is 19.2. The van der Waals surface area contributed by atoms with E-state index in [9.17, 15) is 17.6 Å². The van der Waals surface area contributed by atoms with Crippen molar-refractivity contribution in [1.29, 1.82) is 5.26 Å². The average molecular weight is 295 g/mol. The Morgan fingerprint density at radius 2 is 1.67 bits per heavy atom. The normalized spacial score (nSPS) is 10.2. The van der Waals surface area contributed by atoms with Crippen LogP contribution in [0.5, 0.6) is 0 Å². The molecule has 0 aromatic heterocycles. The molecule has 0 aliphatic heterocycles. The highest BCUT2D eigenvalue weighted by Gasteiger charge is 2.19. The van der Waals surface area contributed by atoms with E-state index in [1.165, 1.54) is 18.2 Å². The summed E-state index contributed by atoms with van der Waals surface area (Å²) in [7, 11) is 0. The van der Waals surface area contributed by atoms with Gasteiger partial charge in [-0.05, 0) is 23.8 Å². The first-order chi connectivity index (χ1) is 9.93. The van der Waals surface area contributed by atoms with Crippen molar-refractivity contribution in [1.82, 2.24) is 0 Å². The molecule has 0 saturated carbocycles. The Balaban J connectivity index is 2.44. The van der Waals surface area contributed by atoms with Crippen molar-refractivity contribution in [2.75, 3.05) is 11.1 Å². The van der Waals surface area contributed by atoms with Crippen molar-refractivity contribution in [2.45, 2.75) is 6.42 Å². The van der Waals surface area contributed by atoms with Gasteiger partial charge in [-0.25, -0.2) is 17.6 Å². The fraction of sp³-hybridized carbons (Fsp3) is 0.0714. The zero-order valence-corrected chi connectivity index (χ0v) is 10.6. The Hall–Kier alpha value is -2.75. The van der Waals surface area contributed by atoms with Crippen LogP contribution in [0.3, 0.4) is 0 Å². The molecule has 108 valence electrons. The standard InChI is InChI=1S/C14H9F4N3/c15-9-6-10(16)13(18)14(12(9)17)21-8-1-2-11(20)7(5-8)3-4-19/h1-2,5-6,21H,3,20H2. The van der Waals surface area contributed by atoms with Crippen LogP contribution in [0, 0.1) is 34.6 Å². The SMILES string of the molecule is N#CCc1cc(Nc2c(F)c(F)cc(F)c2F)ccc1N. The molecular formula is C14H9F4N3. The predicted molar refractivity (Wildman–Crippen MR) is 69.7 cm³/mol. The maximum atomic E-state index is 13.5. The van der Waals surface area contributed by atoms with Crippen LogP contribution in [0.25, 0.3) is 0 Å². The Kier molecular flexibility index (Phi) is 3.98. The fourth-order valence-corrected chi connectivity index (χ4v) is 1.75. The number of nitrogen functional groups attached to an aromatic ring is 1. The van der Waals surface area contributed by atoms with Gasteiger partial charge >= 0.3 is 0 Å². The summed E-state index contributed by atoms with van der Waals surface area (Å²) in [5.74, 6) is -6.09. The average Bonchev–Trinajstić information content (AvgIpc) is 2.45. The summed E-state index contributed by atoms with van der Waals surface area (Å²) in [6, 6.07) is 6.17. The Morgan fingerprint density at radius 3 is 2.24 bits per heavy atom. The van der Waals surface area contributed by atoms with Crippen molar-refractivity contribution in [3.05, 3.63) is 53.1 Å². The number of benzene rings is 2. The van der Waals surface area contributed by atoms with E-state index < -0.39 is 29.0 Å². The first-order valence-electron chi connectivity index (χ1n) is 5.79. The molecule has 0 saturated heterocycles. The van der Waals surface area contributed by atoms with E-state index in [1.807, 2.05) is 6.07 Å². The molecule has 0 fully saturated rings. The third kappa shape index (κ3) is 2.89. The summed E-state index contributed by atoms with van der Waals surface area (Å²) in [5.41, 5.74) is 5.59. The molecule has 3 nitrogen and oxygen atoms in total. The molecule has 0 heterocycles. The number of nitrogens with one attached hydrogen (secondary N) is 1. The number of hydrogen-bond acceptors (Lipinski definition) is 3. The van der Waals surface area contributed by atoms with Gasteiger partial charge in [0.2, 0.25) is 0 Å². The zero-order valence-electron chi connectivity index (χ0n) is 10.6. The van der Waals surface area contributed by atoms with E-state index in [1.54, 1.807) is 0 Å². The van der Waals surface area contributed by atoms with Gasteiger partial charge in [-0.15, -0.1) is 0 Å². The lowest BCUT2D eigenvalue weighted by molar-refractivity contribution is 0.459. The van der Waals surface area contributed by atoms with Crippen molar-refractivity contribution in [2.24, 2.45) is 0 Å². The summed E-state index contributed by atoms with van der Waals surface area (Å²) in [5, 5.41) is 10.9. The maximum Gasteiger partial charge on any atom is 0.185 e. The van der Waals surface area contributed by atoms with E-state index in [2.05, 4.69) is 5.32 Å². The van der Waals surface area contributed by atoms with Crippen LogP contribution in [-0.2, 0) is 6.42 Å². The van der Waals surface area contributed by atoms with Crippen LogP contribution in [0.4, 0.5) is 34.6 Å². The molecule has 0 amide bonds. The van der Waals surface area contributed by atoms with Crippen LogP contribution >= 0.6 is 0 Å². The first-order valence-corrected chi connectivity index (χ1v) is 5.79. The molecule has 0 spiro atoms. The first kappa shape index (κ1) is 14.7. The second kappa shape index (κ2) is 5.71. The number of halogens is 4. The van der Waals surface area contributed by atoms with E-state index in [0.29, 0.717) is 11.3 Å². The molecular weight excluding hydrogens is 286 g/mol. The minimum Gasteiger partial charge on any atom is -0.398 e. The smallest absolute Gasteiger partial charge is 0.185 e. The zero-order chi connectivity index (χ0) is 15.6. The molecule has 7 heteroatoms. The third-order valence-corrected chi connectivity index (χ3v) is 2.79. The number of nitrogens with two attached hydrogens (primary N) is 1. The monoisotopic (exact) mass is 295 g/mol. The summed E-state index contributed by atoms with van der Waals surface area (Å²) in [6.45, 7) is 0. The van der Waals surface area contributed by atoms with Crippen molar-refractivity contribution in [3.63, 3.8) is 0 Å². The Bertz CT molecular complexity index is 712. The molecule has 0 aliphatic carbocycles. The second-order valence-electron chi connectivity index (χ2n) is 4.22. The van der Waals surface area contributed by atoms with Gasteiger partial charge in [0.05, 0.1) is 12.5 Å². The summed E-state index contributed by atoms with van der Waals surface area (Å²) in [4.78, 5) is 0. The molecule has 2 aromatic carbocycles. The molecule has 3 N–H and O–H groups in total. The summed E-state index contributed by atoms with van der Waals surface area (Å²) >= 11 is 0.